The van der Waals surface area contributed by atoms with Crippen molar-refractivity contribution < 1.29 is 4.79 Å². The highest BCUT2D eigenvalue weighted by Gasteiger charge is 1.94. The van der Waals surface area contributed by atoms with Gasteiger partial charge in [0.15, 0.2) is 0 Å². The first-order valence-electron chi connectivity index (χ1n) is 3.95. The average Bonchev–Trinajstić information content (AvgIpc) is 2.11. The van der Waals surface area contributed by atoms with E-state index in [-0.39, 0.29) is 18.3 Å². The van der Waals surface area contributed by atoms with Crippen molar-refractivity contribution in [3.05, 3.63) is 11.9 Å². The van der Waals surface area contributed by atoms with Crippen LogP contribution in [0.2, 0.25) is 0 Å². The fourth-order valence-corrected chi connectivity index (χ4v) is 0.543. The van der Waals surface area contributed by atoms with E-state index in [1.165, 1.54) is 12.4 Å². The van der Waals surface area contributed by atoms with Gasteiger partial charge in [0.2, 0.25) is 5.91 Å². The highest BCUT2D eigenvalue weighted by atomic mass is 16.1. The lowest BCUT2D eigenvalue weighted by atomic mass is 10.5. The standard InChI is InChI=1S/C9H14N4O/c1-4-5-11-9(14)6-8(10)12-7-13(2)3/h1,6-7H,5,10H2,2-3H3,(H,11,14)/b8-6+,12-7?. The normalized spacial score (nSPS) is 11.1. The molecule has 0 unspecified atom stereocenters. The molecule has 0 aromatic heterocycles. The van der Waals surface area contributed by atoms with Crippen LogP contribution in [-0.2, 0) is 4.79 Å². The van der Waals surface area contributed by atoms with Crippen LogP contribution in [0.3, 0.4) is 0 Å². The van der Waals surface area contributed by atoms with Gasteiger partial charge < -0.3 is 16.0 Å². The zero-order chi connectivity index (χ0) is 11.0. The summed E-state index contributed by atoms with van der Waals surface area (Å²) in [6.07, 6.45) is 7.63. The molecule has 0 aliphatic carbocycles. The Bertz CT molecular complexity index is 286. The summed E-state index contributed by atoms with van der Waals surface area (Å²) in [5, 5.41) is 2.43. The van der Waals surface area contributed by atoms with Gasteiger partial charge in [0.25, 0.3) is 0 Å². The van der Waals surface area contributed by atoms with Crippen LogP contribution in [0.15, 0.2) is 16.9 Å². The maximum Gasteiger partial charge on any atom is 0.248 e. The van der Waals surface area contributed by atoms with E-state index in [1.54, 1.807) is 19.0 Å². The molecule has 0 bridgehead atoms. The molecule has 0 fully saturated rings. The maximum absolute atomic E-state index is 11.0. The molecule has 0 aliphatic heterocycles. The van der Waals surface area contributed by atoms with Gasteiger partial charge in [0.05, 0.1) is 12.9 Å². The third-order valence-corrected chi connectivity index (χ3v) is 1.08. The molecule has 0 spiro atoms. The Labute approximate surface area is 83.7 Å². The number of terminal acetylenes is 1. The number of nitrogens with zero attached hydrogens (tertiary/aromatic N) is 2. The zero-order valence-corrected chi connectivity index (χ0v) is 8.32. The predicted octanol–water partition coefficient (Wildman–Crippen LogP) is -0.874. The van der Waals surface area contributed by atoms with Crippen LogP contribution in [0.25, 0.3) is 0 Å². The Balaban J connectivity index is 4.10. The van der Waals surface area contributed by atoms with Crippen LogP contribution < -0.4 is 11.1 Å². The fourth-order valence-electron chi connectivity index (χ4n) is 0.543. The van der Waals surface area contributed by atoms with Crippen LogP contribution in [0.5, 0.6) is 0 Å². The van der Waals surface area contributed by atoms with Crippen molar-refractivity contribution in [2.45, 2.75) is 0 Å². The number of amides is 1. The van der Waals surface area contributed by atoms with Gasteiger partial charge in [-0.25, -0.2) is 4.99 Å². The first-order valence-corrected chi connectivity index (χ1v) is 3.95. The summed E-state index contributed by atoms with van der Waals surface area (Å²) in [5.74, 6) is 2.06. The first kappa shape index (κ1) is 12.0. The molecule has 0 aromatic rings. The summed E-state index contributed by atoms with van der Waals surface area (Å²) >= 11 is 0. The van der Waals surface area contributed by atoms with Crippen molar-refractivity contribution in [3.63, 3.8) is 0 Å². The van der Waals surface area contributed by atoms with E-state index in [0.717, 1.165) is 0 Å². The van der Waals surface area contributed by atoms with E-state index in [0.29, 0.717) is 0 Å². The molecule has 14 heavy (non-hydrogen) atoms. The minimum Gasteiger partial charge on any atom is -0.383 e. The Morgan fingerprint density at radius 2 is 2.36 bits per heavy atom. The summed E-state index contributed by atoms with van der Waals surface area (Å²) in [7, 11) is 3.60. The lowest BCUT2D eigenvalue weighted by Crippen LogP contribution is -2.22. The number of rotatable bonds is 4. The molecule has 3 N–H and O–H groups in total. The van der Waals surface area contributed by atoms with Crippen LogP contribution in [0.4, 0.5) is 0 Å². The van der Waals surface area contributed by atoms with Gasteiger partial charge in [-0.1, -0.05) is 5.92 Å². The van der Waals surface area contributed by atoms with Gasteiger partial charge in [-0.3, -0.25) is 4.79 Å². The predicted molar refractivity (Wildman–Crippen MR) is 56.3 cm³/mol. The summed E-state index contributed by atoms with van der Waals surface area (Å²) in [6.45, 7) is 0.181. The van der Waals surface area contributed by atoms with Crippen molar-refractivity contribution in [3.8, 4) is 12.3 Å². The van der Waals surface area contributed by atoms with Gasteiger partial charge in [-0.15, -0.1) is 6.42 Å². The molecule has 0 radical (unpaired) electrons. The molecule has 1 amide bonds. The maximum atomic E-state index is 11.0. The van der Waals surface area contributed by atoms with Gasteiger partial charge >= 0.3 is 0 Å². The molecule has 5 heteroatoms. The molecule has 0 saturated carbocycles. The molecule has 0 aromatic carbocycles. The van der Waals surface area contributed by atoms with Crippen molar-refractivity contribution >= 4 is 12.2 Å². The molecular weight excluding hydrogens is 180 g/mol. The molecule has 0 aliphatic rings. The van der Waals surface area contributed by atoms with E-state index in [2.05, 4.69) is 16.2 Å². The Morgan fingerprint density at radius 3 is 2.86 bits per heavy atom. The monoisotopic (exact) mass is 194 g/mol. The number of nitrogens with one attached hydrogen (secondary N) is 1. The second-order valence-electron chi connectivity index (χ2n) is 2.70. The van der Waals surface area contributed by atoms with Gasteiger partial charge in [0, 0.05) is 20.2 Å². The molecule has 5 nitrogen and oxygen atoms in total. The van der Waals surface area contributed by atoms with E-state index in [9.17, 15) is 4.79 Å². The molecule has 0 heterocycles. The van der Waals surface area contributed by atoms with Crippen molar-refractivity contribution in [1.29, 1.82) is 0 Å². The number of nitrogens with two attached hydrogens (primary N) is 1. The topological polar surface area (TPSA) is 70.7 Å². The van der Waals surface area contributed by atoms with Crippen LogP contribution in [-0.4, -0.2) is 37.8 Å². The number of hydrogen-bond donors (Lipinski definition) is 2. The Hall–Kier alpha value is -1.96. The highest BCUT2D eigenvalue weighted by Crippen LogP contribution is 1.84. The minimum absolute atomic E-state index is 0.133. The third-order valence-electron chi connectivity index (χ3n) is 1.08. The van der Waals surface area contributed by atoms with Crippen LogP contribution >= 0.6 is 0 Å². The molecular formula is C9H14N4O. The Kier molecular flexibility index (Phi) is 5.63. The lowest BCUT2D eigenvalue weighted by Gasteiger charge is -2.01. The third kappa shape index (κ3) is 6.73. The zero-order valence-electron chi connectivity index (χ0n) is 8.32. The SMILES string of the molecule is C#CCNC(=O)/C=C(\N)N=CN(C)C. The quantitative estimate of drug-likeness (QED) is 0.264. The smallest absolute Gasteiger partial charge is 0.248 e. The van der Waals surface area contributed by atoms with Gasteiger partial charge in [0.1, 0.15) is 5.82 Å². The van der Waals surface area contributed by atoms with E-state index >= 15 is 0 Å². The number of carbonyl (C=O) groups excluding carboxylic acids is 1. The highest BCUT2D eigenvalue weighted by molar-refractivity contribution is 5.88. The van der Waals surface area contributed by atoms with Crippen LogP contribution in [0, 0.1) is 12.3 Å². The lowest BCUT2D eigenvalue weighted by molar-refractivity contribution is -0.116. The second-order valence-corrected chi connectivity index (χ2v) is 2.70. The largest absolute Gasteiger partial charge is 0.383 e. The number of aliphatic imine (C=N–C) groups is 1. The van der Waals surface area contributed by atoms with E-state index in [1.807, 2.05) is 0 Å². The van der Waals surface area contributed by atoms with Crippen molar-refractivity contribution in [1.82, 2.24) is 10.2 Å². The number of hydrogen-bond acceptors (Lipinski definition) is 3. The van der Waals surface area contributed by atoms with Gasteiger partial charge in [-0.05, 0) is 0 Å². The summed E-state index contributed by atoms with van der Waals surface area (Å²) in [6, 6.07) is 0. The van der Waals surface area contributed by atoms with Crippen molar-refractivity contribution in [2.75, 3.05) is 20.6 Å². The first-order chi connectivity index (χ1) is 6.56. The summed E-state index contributed by atoms with van der Waals surface area (Å²) < 4.78 is 0. The number of carbonyl (C=O) groups is 1. The molecule has 0 rings (SSSR count). The fraction of sp³-hybridized carbons (Fsp3) is 0.333. The summed E-state index contributed by atoms with van der Waals surface area (Å²) in [4.78, 5) is 16.5. The van der Waals surface area contributed by atoms with E-state index in [4.69, 9.17) is 12.2 Å². The Morgan fingerprint density at radius 1 is 1.71 bits per heavy atom. The average molecular weight is 194 g/mol. The minimum atomic E-state index is -0.351. The van der Waals surface area contributed by atoms with Crippen LogP contribution in [0.1, 0.15) is 0 Å². The molecule has 0 saturated heterocycles. The summed E-state index contributed by atoms with van der Waals surface area (Å²) in [5.41, 5.74) is 5.42. The second kappa shape index (κ2) is 6.54. The van der Waals surface area contributed by atoms with Crippen molar-refractivity contribution in [2.24, 2.45) is 10.7 Å². The molecule has 0 atom stereocenters. The molecule has 76 valence electrons. The van der Waals surface area contributed by atoms with Gasteiger partial charge in [-0.2, -0.15) is 0 Å². The van der Waals surface area contributed by atoms with E-state index < -0.39 is 0 Å².